The van der Waals surface area contributed by atoms with E-state index in [0.29, 0.717) is 18.1 Å². The fraction of sp³-hybridized carbons (Fsp3) is 0.250. The summed E-state index contributed by atoms with van der Waals surface area (Å²) in [5.41, 5.74) is 3.77. The monoisotopic (exact) mass is 277 g/mol. The molecule has 1 nitrogen and oxygen atoms in total. The fourth-order valence-corrected chi connectivity index (χ4v) is 2.36. The minimum Gasteiger partial charge on any atom is -0.368 e. The lowest BCUT2D eigenvalue weighted by Gasteiger charge is -2.22. The number of aryl methyl sites for hydroxylation is 1. The highest BCUT2D eigenvalue weighted by Crippen LogP contribution is 2.26. The van der Waals surface area contributed by atoms with Crippen LogP contribution in [-0.2, 0) is 12.4 Å². The Bertz CT molecular complexity index is 551. The van der Waals surface area contributed by atoms with Gasteiger partial charge in [0, 0.05) is 19.5 Å². The molecule has 0 radical (unpaired) electrons. The van der Waals surface area contributed by atoms with Gasteiger partial charge >= 0.3 is 0 Å². The summed E-state index contributed by atoms with van der Waals surface area (Å²) in [6, 6.07) is 13.3. The van der Waals surface area contributed by atoms with E-state index in [4.69, 9.17) is 11.6 Å². The molecule has 0 fully saturated rings. The molecule has 0 heterocycles. The van der Waals surface area contributed by atoms with Crippen molar-refractivity contribution >= 4 is 17.3 Å². The third kappa shape index (κ3) is 3.27. The molecule has 0 bridgehead atoms. The van der Waals surface area contributed by atoms with Gasteiger partial charge in [0.05, 0.1) is 5.69 Å². The van der Waals surface area contributed by atoms with E-state index in [-0.39, 0.29) is 5.82 Å². The number of halogens is 2. The highest BCUT2D eigenvalue weighted by atomic mass is 35.5. The van der Waals surface area contributed by atoms with Crippen LogP contribution >= 0.6 is 11.6 Å². The highest BCUT2D eigenvalue weighted by Gasteiger charge is 2.12. The van der Waals surface area contributed by atoms with E-state index in [9.17, 15) is 4.39 Å². The summed E-state index contributed by atoms with van der Waals surface area (Å²) in [7, 11) is 1.88. The van der Waals surface area contributed by atoms with Crippen LogP contribution in [0.4, 0.5) is 10.1 Å². The van der Waals surface area contributed by atoms with Gasteiger partial charge in [-0.05, 0) is 24.1 Å². The standard InChI is InChI=1S/C16H17ClFN/c1-12-6-8-13(9-7-12)11-19(2)16-14(10-17)4-3-5-15(16)18/h3-9H,10-11H2,1-2H3. The molecule has 0 saturated heterocycles. The molecule has 0 aliphatic rings. The first-order valence-corrected chi connectivity index (χ1v) is 6.75. The molecule has 0 N–H and O–H groups in total. The molecule has 2 rings (SSSR count). The molecule has 0 unspecified atom stereocenters. The molecule has 19 heavy (non-hydrogen) atoms. The molecule has 0 saturated carbocycles. The van der Waals surface area contributed by atoms with E-state index in [1.54, 1.807) is 6.07 Å². The topological polar surface area (TPSA) is 3.24 Å². The fourth-order valence-electron chi connectivity index (χ4n) is 2.14. The van der Waals surface area contributed by atoms with Crippen molar-refractivity contribution in [1.29, 1.82) is 0 Å². The lowest BCUT2D eigenvalue weighted by Crippen LogP contribution is -2.19. The third-order valence-corrected chi connectivity index (χ3v) is 3.42. The van der Waals surface area contributed by atoms with Crippen molar-refractivity contribution in [2.75, 3.05) is 11.9 Å². The highest BCUT2D eigenvalue weighted by molar-refractivity contribution is 6.17. The van der Waals surface area contributed by atoms with Gasteiger partial charge in [0.25, 0.3) is 0 Å². The minimum atomic E-state index is -0.229. The molecule has 3 heteroatoms. The zero-order chi connectivity index (χ0) is 13.8. The van der Waals surface area contributed by atoms with E-state index < -0.39 is 0 Å². The molecule has 0 amide bonds. The van der Waals surface area contributed by atoms with Gasteiger partial charge in [0.1, 0.15) is 5.82 Å². The lowest BCUT2D eigenvalue weighted by molar-refractivity contribution is 0.620. The van der Waals surface area contributed by atoms with Gasteiger partial charge in [-0.25, -0.2) is 4.39 Å². The summed E-state index contributed by atoms with van der Waals surface area (Å²) in [6.07, 6.45) is 0. The van der Waals surface area contributed by atoms with Crippen molar-refractivity contribution in [2.45, 2.75) is 19.3 Å². The summed E-state index contributed by atoms with van der Waals surface area (Å²) in [5, 5.41) is 0. The van der Waals surface area contributed by atoms with Crippen LogP contribution in [0, 0.1) is 12.7 Å². The molecule has 2 aromatic rings. The normalized spacial score (nSPS) is 10.5. The predicted molar refractivity (Wildman–Crippen MR) is 79.2 cm³/mol. The van der Waals surface area contributed by atoms with Crippen molar-refractivity contribution < 1.29 is 4.39 Å². The number of anilines is 1. The number of rotatable bonds is 4. The van der Waals surface area contributed by atoms with E-state index in [0.717, 1.165) is 11.1 Å². The zero-order valence-corrected chi connectivity index (χ0v) is 11.9. The summed E-state index contributed by atoms with van der Waals surface area (Å²) >= 11 is 5.88. The molecular formula is C16H17ClFN. The maximum atomic E-state index is 14.0. The van der Waals surface area contributed by atoms with Gasteiger partial charge in [0.2, 0.25) is 0 Å². The van der Waals surface area contributed by atoms with Crippen LogP contribution in [0.2, 0.25) is 0 Å². The zero-order valence-electron chi connectivity index (χ0n) is 11.2. The van der Waals surface area contributed by atoms with E-state index in [1.807, 2.05) is 18.0 Å². The van der Waals surface area contributed by atoms with E-state index >= 15 is 0 Å². The first kappa shape index (κ1) is 13.9. The second-order valence-electron chi connectivity index (χ2n) is 4.72. The van der Waals surface area contributed by atoms with Crippen molar-refractivity contribution in [3.8, 4) is 0 Å². The number of hydrogen-bond donors (Lipinski definition) is 0. The minimum absolute atomic E-state index is 0.229. The smallest absolute Gasteiger partial charge is 0.146 e. The maximum absolute atomic E-state index is 14.0. The summed E-state index contributed by atoms with van der Waals surface area (Å²) < 4.78 is 14.0. The molecular weight excluding hydrogens is 261 g/mol. The average molecular weight is 278 g/mol. The largest absolute Gasteiger partial charge is 0.368 e. The number of hydrogen-bond acceptors (Lipinski definition) is 1. The van der Waals surface area contributed by atoms with Crippen LogP contribution in [0.5, 0.6) is 0 Å². The Morgan fingerprint density at radius 2 is 1.79 bits per heavy atom. The van der Waals surface area contributed by atoms with E-state index in [2.05, 4.69) is 31.2 Å². The Morgan fingerprint density at radius 1 is 1.11 bits per heavy atom. The summed E-state index contributed by atoms with van der Waals surface area (Å²) in [4.78, 5) is 1.90. The second-order valence-corrected chi connectivity index (χ2v) is 4.99. The van der Waals surface area contributed by atoms with Crippen molar-refractivity contribution in [2.24, 2.45) is 0 Å². The number of nitrogens with zero attached hydrogens (tertiary/aromatic N) is 1. The molecule has 0 aromatic heterocycles. The Hall–Kier alpha value is -1.54. The van der Waals surface area contributed by atoms with Crippen LogP contribution in [0.1, 0.15) is 16.7 Å². The van der Waals surface area contributed by atoms with Crippen molar-refractivity contribution in [1.82, 2.24) is 0 Å². The Morgan fingerprint density at radius 3 is 2.42 bits per heavy atom. The number of alkyl halides is 1. The molecule has 0 atom stereocenters. The van der Waals surface area contributed by atoms with Crippen LogP contribution in [0.25, 0.3) is 0 Å². The van der Waals surface area contributed by atoms with Crippen LogP contribution in [-0.4, -0.2) is 7.05 Å². The Balaban J connectivity index is 2.24. The molecule has 0 spiro atoms. The second kappa shape index (κ2) is 6.07. The van der Waals surface area contributed by atoms with Crippen molar-refractivity contribution in [3.05, 3.63) is 65.0 Å². The third-order valence-electron chi connectivity index (χ3n) is 3.14. The Kier molecular flexibility index (Phi) is 4.43. The SMILES string of the molecule is Cc1ccc(CN(C)c2c(F)cccc2CCl)cc1. The van der Waals surface area contributed by atoms with Gasteiger partial charge in [-0.1, -0.05) is 42.0 Å². The maximum Gasteiger partial charge on any atom is 0.146 e. The first-order valence-electron chi connectivity index (χ1n) is 6.22. The Labute approximate surface area is 118 Å². The number of para-hydroxylation sites is 1. The molecule has 0 aliphatic heterocycles. The lowest BCUT2D eigenvalue weighted by atomic mass is 10.1. The van der Waals surface area contributed by atoms with Gasteiger partial charge in [-0.3, -0.25) is 0 Å². The predicted octanol–water partition coefficient (Wildman–Crippen LogP) is 4.51. The van der Waals surface area contributed by atoms with Gasteiger partial charge in [-0.2, -0.15) is 0 Å². The number of benzene rings is 2. The van der Waals surface area contributed by atoms with Gasteiger partial charge < -0.3 is 4.90 Å². The molecule has 2 aromatic carbocycles. The molecule has 100 valence electrons. The summed E-state index contributed by atoms with van der Waals surface area (Å²) in [6.45, 7) is 2.71. The van der Waals surface area contributed by atoms with Crippen LogP contribution < -0.4 is 4.90 Å². The quantitative estimate of drug-likeness (QED) is 0.743. The van der Waals surface area contributed by atoms with E-state index in [1.165, 1.54) is 11.6 Å². The van der Waals surface area contributed by atoms with Crippen molar-refractivity contribution in [3.63, 3.8) is 0 Å². The average Bonchev–Trinajstić information content (AvgIpc) is 2.40. The van der Waals surface area contributed by atoms with Crippen LogP contribution in [0.3, 0.4) is 0 Å². The van der Waals surface area contributed by atoms with Gasteiger partial charge in [-0.15, -0.1) is 11.6 Å². The summed E-state index contributed by atoms with van der Waals surface area (Å²) in [5.74, 6) is 0.0819. The first-order chi connectivity index (χ1) is 9.11. The van der Waals surface area contributed by atoms with Crippen LogP contribution in [0.15, 0.2) is 42.5 Å². The van der Waals surface area contributed by atoms with Gasteiger partial charge in [0.15, 0.2) is 0 Å². The molecule has 0 aliphatic carbocycles.